The van der Waals surface area contributed by atoms with E-state index in [1.54, 1.807) is 6.07 Å². The first-order valence-electron chi connectivity index (χ1n) is 6.14. The second-order valence-corrected chi connectivity index (χ2v) is 4.73. The van der Waals surface area contributed by atoms with Crippen LogP contribution in [-0.4, -0.2) is 12.4 Å². The SMILES string of the molecule is Cc1ccc(Cl)cc1OCCC(=O)c1ccccc1. The summed E-state index contributed by atoms with van der Waals surface area (Å²) in [5.74, 6) is 0.814. The molecule has 2 nitrogen and oxygen atoms in total. The maximum Gasteiger partial charge on any atom is 0.166 e. The van der Waals surface area contributed by atoms with Crippen LogP contribution in [0, 0.1) is 6.92 Å². The number of halogens is 1. The van der Waals surface area contributed by atoms with E-state index in [1.807, 2.05) is 49.4 Å². The molecule has 0 atom stereocenters. The van der Waals surface area contributed by atoms with E-state index in [0.717, 1.165) is 11.3 Å². The molecule has 0 aliphatic carbocycles. The number of ether oxygens (including phenoxy) is 1. The van der Waals surface area contributed by atoms with Crippen LogP contribution in [0.5, 0.6) is 5.75 Å². The van der Waals surface area contributed by atoms with E-state index in [-0.39, 0.29) is 5.78 Å². The predicted molar refractivity (Wildman–Crippen MR) is 77.1 cm³/mol. The maximum absolute atomic E-state index is 11.9. The predicted octanol–water partition coefficient (Wildman–Crippen LogP) is 4.30. The van der Waals surface area contributed by atoms with Gasteiger partial charge in [-0.05, 0) is 24.6 Å². The molecule has 0 aliphatic heterocycles. The maximum atomic E-state index is 11.9. The molecule has 98 valence electrons. The van der Waals surface area contributed by atoms with Gasteiger partial charge in [0.15, 0.2) is 5.78 Å². The van der Waals surface area contributed by atoms with Gasteiger partial charge in [0.25, 0.3) is 0 Å². The van der Waals surface area contributed by atoms with Crippen molar-refractivity contribution >= 4 is 17.4 Å². The molecule has 0 spiro atoms. The molecule has 0 radical (unpaired) electrons. The Kier molecular flexibility index (Phi) is 4.58. The Morgan fingerprint density at radius 1 is 1.16 bits per heavy atom. The van der Waals surface area contributed by atoms with E-state index in [9.17, 15) is 4.79 Å². The summed E-state index contributed by atoms with van der Waals surface area (Å²) >= 11 is 5.91. The van der Waals surface area contributed by atoms with Crippen LogP contribution >= 0.6 is 11.6 Å². The average Bonchev–Trinajstić information content (AvgIpc) is 2.43. The molecule has 0 fully saturated rings. The van der Waals surface area contributed by atoms with Gasteiger partial charge in [-0.15, -0.1) is 0 Å². The first-order chi connectivity index (χ1) is 9.16. The van der Waals surface area contributed by atoms with Crippen LogP contribution in [0.15, 0.2) is 48.5 Å². The first kappa shape index (κ1) is 13.6. The summed E-state index contributed by atoms with van der Waals surface area (Å²) in [5, 5.41) is 0.634. The molecule has 0 heterocycles. The normalized spacial score (nSPS) is 10.2. The van der Waals surface area contributed by atoms with Crippen molar-refractivity contribution in [2.75, 3.05) is 6.61 Å². The zero-order valence-corrected chi connectivity index (χ0v) is 11.5. The Hall–Kier alpha value is -1.80. The number of ketones is 1. The quantitative estimate of drug-likeness (QED) is 0.760. The van der Waals surface area contributed by atoms with Crippen molar-refractivity contribution in [1.82, 2.24) is 0 Å². The number of benzene rings is 2. The number of carbonyl (C=O) groups is 1. The lowest BCUT2D eigenvalue weighted by Crippen LogP contribution is -2.07. The van der Waals surface area contributed by atoms with E-state index in [1.165, 1.54) is 0 Å². The third-order valence-corrected chi connectivity index (χ3v) is 3.07. The van der Waals surface area contributed by atoms with E-state index in [4.69, 9.17) is 16.3 Å². The third kappa shape index (κ3) is 3.83. The third-order valence-electron chi connectivity index (χ3n) is 2.83. The zero-order valence-electron chi connectivity index (χ0n) is 10.7. The molecule has 0 amide bonds. The molecule has 0 N–H and O–H groups in total. The summed E-state index contributed by atoms with van der Waals surface area (Å²) in [4.78, 5) is 11.9. The zero-order chi connectivity index (χ0) is 13.7. The van der Waals surface area contributed by atoms with Gasteiger partial charge in [0.1, 0.15) is 5.75 Å². The summed E-state index contributed by atoms with van der Waals surface area (Å²) in [6.45, 7) is 2.31. The van der Waals surface area contributed by atoms with Gasteiger partial charge in [0.05, 0.1) is 6.61 Å². The molecular weight excluding hydrogens is 260 g/mol. The monoisotopic (exact) mass is 274 g/mol. The minimum atomic E-state index is 0.0836. The number of hydrogen-bond donors (Lipinski definition) is 0. The van der Waals surface area contributed by atoms with Gasteiger partial charge in [0, 0.05) is 17.0 Å². The fourth-order valence-corrected chi connectivity index (χ4v) is 1.91. The molecule has 3 heteroatoms. The van der Waals surface area contributed by atoms with Crippen LogP contribution in [0.3, 0.4) is 0 Å². The van der Waals surface area contributed by atoms with Crippen LogP contribution < -0.4 is 4.74 Å². The number of aryl methyl sites for hydroxylation is 1. The van der Waals surface area contributed by atoms with Crippen LogP contribution in [0.2, 0.25) is 5.02 Å². The molecule has 0 saturated carbocycles. The van der Waals surface area contributed by atoms with E-state index >= 15 is 0 Å². The van der Waals surface area contributed by atoms with Crippen LogP contribution in [-0.2, 0) is 0 Å². The lowest BCUT2D eigenvalue weighted by atomic mass is 10.1. The smallest absolute Gasteiger partial charge is 0.166 e. The minimum absolute atomic E-state index is 0.0836. The van der Waals surface area contributed by atoms with Crippen molar-refractivity contribution in [3.8, 4) is 5.75 Å². The van der Waals surface area contributed by atoms with Gasteiger partial charge >= 0.3 is 0 Å². The highest BCUT2D eigenvalue weighted by atomic mass is 35.5. The van der Waals surface area contributed by atoms with Gasteiger partial charge in [-0.2, -0.15) is 0 Å². The standard InChI is InChI=1S/C16H15ClO2/c1-12-7-8-14(17)11-16(12)19-10-9-15(18)13-5-3-2-4-6-13/h2-8,11H,9-10H2,1H3. The number of hydrogen-bond acceptors (Lipinski definition) is 2. The summed E-state index contributed by atoms with van der Waals surface area (Å²) < 4.78 is 5.60. The Balaban J connectivity index is 1.90. The topological polar surface area (TPSA) is 26.3 Å². The fraction of sp³-hybridized carbons (Fsp3) is 0.188. The molecule has 0 aliphatic rings. The Labute approximate surface area is 118 Å². The second-order valence-electron chi connectivity index (χ2n) is 4.30. The van der Waals surface area contributed by atoms with Gasteiger partial charge in [-0.25, -0.2) is 0 Å². The van der Waals surface area contributed by atoms with Crippen molar-refractivity contribution in [3.63, 3.8) is 0 Å². The molecule has 0 bridgehead atoms. The summed E-state index contributed by atoms with van der Waals surface area (Å²) in [6, 6.07) is 14.7. The summed E-state index contributed by atoms with van der Waals surface area (Å²) in [7, 11) is 0. The van der Waals surface area contributed by atoms with Gasteiger partial charge in [0.2, 0.25) is 0 Å². The lowest BCUT2D eigenvalue weighted by molar-refractivity contribution is 0.0962. The molecular formula is C16H15ClO2. The molecule has 19 heavy (non-hydrogen) atoms. The summed E-state index contributed by atoms with van der Waals surface area (Å²) in [6.07, 6.45) is 0.357. The summed E-state index contributed by atoms with van der Waals surface area (Å²) in [5.41, 5.74) is 1.73. The highest BCUT2D eigenvalue weighted by Crippen LogP contribution is 2.22. The highest BCUT2D eigenvalue weighted by molar-refractivity contribution is 6.30. The molecule has 0 unspecified atom stereocenters. The highest BCUT2D eigenvalue weighted by Gasteiger charge is 2.06. The largest absolute Gasteiger partial charge is 0.493 e. The van der Waals surface area contributed by atoms with Crippen molar-refractivity contribution < 1.29 is 9.53 Å². The molecule has 2 rings (SSSR count). The second kappa shape index (κ2) is 6.39. The van der Waals surface area contributed by atoms with Crippen LogP contribution in [0.4, 0.5) is 0 Å². The van der Waals surface area contributed by atoms with Crippen molar-refractivity contribution in [2.24, 2.45) is 0 Å². The van der Waals surface area contributed by atoms with Crippen molar-refractivity contribution in [1.29, 1.82) is 0 Å². The Bertz CT molecular complexity index is 564. The Morgan fingerprint density at radius 3 is 2.63 bits per heavy atom. The van der Waals surface area contributed by atoms with Gasteiger partial charge in [-0.3, -0.25) is 4.79 Å². The van der Waals surface area contributed by atoms with Gasteiger partial charge < -0.3 is 4.74 Å². The Morgan fingerprint density at radius 2 is 1.89 bits per heavy atom. The number of carbonyl (C=O) groups excluding carboxylic acids is 1. The molecule has 2 aromatic rings. The fourth-order valence-electron chi connectivity index (χ4n) is 1.75. The molecule has 2 aromatic carbocycles. The van der Waals surface area contributed by atoms with Crippen LogP contribution in [0.1, 0.15) is 22.3 Å². The average molecular weight is 275 g/mol. The minimum Gasteiger partial charge on any atom is -0.493 e. The van der Waals surface area contributed by atoms with Crippen molar-refractivity contribution in [3.05, 3.63) is 64.7 Å². The van der Waals surface area contributed by atoms with Crippen LogP contribution in [0.25, 0.3) is 0 Å². The molecule has 0 aromatic heterocycles. The van der Waals surface area contributed by atoms with E-state index in [0.29, 0.717) is 23.6 Å². The van der Waals surface area contributed by atoms with Gasteiger partial charge in [-0.1, -0.05) is 48.0 Å². The lowest BCUT2D eigenvalue weighted by Gasteiger charge is -2.09. The van der Waals surface area contributed by atoms with E-state index < -0.39 is 0 Å². The van der Waals surface area contributed by atoms with Crippen molar-refractivity contribution in [2.45, 2.75) is 13.3 Å². The molecule has 0 saturated heterocycles. The first-order valence-corrected chi connectivity index (χ1v) is 6.52. The number of Topliss-reactive ketones (excluding diaryl/α,β-unsaturated/α-hetero) is 1. The number of rotatable bonds is 5. The van der Waals surface area contributed by atoms with E-state index in [2.05, 4.69) is 0 Å².